The number of benzene rings is 1. The predicted molar refractivity (Wildman–Crippen MR) is 78.1 cm³/mol. The normalized spacial score (nSPS) is 17.5. The van der Waals surface area contributed by atoms with E-state index in [1.54, 1.807) is 6.07 Å². The summed E-state index contributed by atoms with van der Waals surface area (Å²) in [5, 5.41) is 0. The summed E-state index contributed by atoms with van der Waals surface area (Å²) in [5.74, 6) is -5.32. The molecule has 1 aliphatic heterocycles. The van der Waals surface area contributed by atoms with Crippen LogP contribution in [-0.2, 0) is 5.92 Å². The molecule has 0 saturated carbocycles. The zero-order valence-corrected chi connectivity index (χ0v) is 12.8. The average Bonchev–Trinajstić information content (AvgIpc) is 2.60. The third kappa shape index (κ3) is 3.13. The third-order valence-electron chi connectivity index (χ3n) is 3.77. The van der Waals surface area contributed by atoms with Gasteiger partial charge < -0.3 is 4.74 Å². The number of nitrogens with zero attached hydrogens (tertiary/aromatic N) is 1. The molecule has 138 valence electrons. The molecule has 0 spiro atoms. The van der Waals surface area contributed by atoms with Crippen molar-refractivity contribution in [2.45, 2.75) is 24.6 Å². The maximum Gasteiger partial charge on any atom is 0.458 e. The maximum atomic E-state index is 13.6. The molecule has 1 atom stereocenters. The minimum atomic E-state index is -5.79. The van der Waals surface area contributed by atoms with Crippen LogP contribution in [0.4, 0.5) is 30.7 Å². The van der Waals surface area contributed by atoms with Gasteiger partial charge in [0.2, 0.25) is 0 Å². The van der Waals surface area contributed by atoms with Gasteiger partial charge in [0.1, 0.15) is 5.75 Å². The highest BCUT2D eigenvalue weighted by Gasteiger charge is 2.58. The van der Waals surface area contributed by atoms with E-state index in [0.717, 1.165) is 12.1 Å². The van der Waals surface area contributed by atoms with Crippen molar-refractivity contribution in [3.05, 3.63) is 65.5 Å². The zero-order valence-electron chi connectivity index (χ0n) is 12.8. The van der Waals surface area contributed by atoms with Gasteiger partial charge in [-0.2, -0.15) is 22.0 Å². The first-order valence-corrected chi connectivity index (χ1v) is 7.29. The number of halogens is 7. The Hall–Kier alpha value is -2.58. The molecule has 1 aromatic heterocycles. The van der Waals surface area contributed by atoms with E-state index in [1.165, 1.54) is 18.3 Å². The standard InChI is InChI=1S/C17H10F7NO/c18-15(19)14-8-10(12-3-1-2-6-25-12)11-7-9(4-5-13(11)26-14)16(20,21)17(22,23)24/h1-8,14-15H. The van der Waals surface area contributed by atoms with Gasteiger partial charge in [-0.25, -0.2) is 8.78 Å². The van der Waals surface area contributed by atoms with Crippen LogP contribution in [0.5, 0.6) is 5.75 Å². The van der Waals surface area contributed by atoms with Gasteiger partial charge in [-0.1, -0.05) is 6.07 Å². The molecule has 0 aliphatic carbocycles. The van der Waals surface area contributed by atoms with Gasteiger partial charge in [0.25, 0.3) is 6.43 Å². The monoisotopic (exact) mass is 377 g/mol. The van der Waals surface area contributed by atoms with E-state index in [0.29, 0.717) is 12.1 Å². The molecular formula is C17H10F7NO. The summed E-state index contributed by atoms with van der Waals surface area (Å²) in [6, 6.07) is 6.43. The average molecular weight is 377 g/mol. The van der Waals surface area contributed by atoms with Crippen molar-refractivity contribution in [2.75, 3.05) is 0 Å². The quantitative estimate of drug-likeness (QED) is 0.687. The molecule has 9 heteroatoms. The lowest BCUT2D eigenvalue weighted by Gasteiger charge is -2.27. The molecule has 2 heterocycles. The fourth-order valence-corrected chi connectivity index (χ4v) is 2.51. The first-order chi connectivity index (χ1) is 12.1. The molecule has 26 heavy (non-hydrogen) atoms. The molecule has 2 aromatic rings. The number of pyridine rings is 1. The number of rotatable bonds is 3. The molecule has 0 saturated heterocycles. The van der Waals surface area contributed by atoms with Crippen LogP contribution in [0.25, 0.3) is 5.57 Å². The lowest BCUT2D eigenvalue weighted by Crippen LogP contribution is -2.34. The summed E-state index contributed by atoms with van der Waals surface area (Å²) in [6.45, 7) is 0. The van der Waals surface area contributed by atoms with Crippen LogP contribution in [-0.4, -0.2) is 23.7 Å². The first-order valence-electron chi connectivity index (χ1n) is 7.29. The van der Waals surface area contributed by atoms with Gasteiger partial charge in [-0.05, 0) is 36.4 Å². The Labute approximate surface area is 142 Å². The maximum absolute atomic E-state index is 13.6. The third-order valence-corrected chi connectivity index (χ3v) is 3.77. The minimum Gasteiger partial charge on any atom is -0.480 e. The second-order valence-electron chi connectivity index (χ2n) is 5.50. The summed E-state index contributed by atoms with van der Waals surface area (Å²) in [4.78, 5) is 3.96. The van der Waals surface area contributed by atoms with E-state index in [-0.39, 0.29) is 22.6 Å². The molecule has 2 nitrogen and oxygen atoms in total. The van der Waals surface area contributed by atoms with Crippen molar-refractivity contribution in [1.82, 2.24) is 4.98 Å². The molecule has 0 radical (unpaired) electrons. The Kier molecular flexibility index (Phi) is 4.41. The van der Waals surface area contributed by atoms with Crippen molar-refractivity contribution in [1.29, 1.82) is 0 Å². The van der Waals surface area contributed by atoms with Crippen LogP contribution in [0.3, 0.4) is 0 Å². The minimum absolute atomic E-state index is 0.00280. The molecule has 1 unspecified atom stereocenters. The number of aromatic nitrogens is 1. The van der Waals surface area contributed by atoms with Crippen LogP contribution in [0.1, 0.15) is 16.8 Å². The summed E-state index contributed by atoms with van der Waals surface area (Å²) in [7, 11) is 0. The molecule has 0 N–H and O–H groups in total. The Bertz CT molecular complexity index is 831. The zero-order chi connectivity index (χ0) is 19.1. The highest BCUT2D eigenvalue weighted by atomic mass is 19.4. The van der Waals surface area contributed by atoms with E-state index < -0.39 is 30.2 Å². The summed E-state index contributed by atoms with van der Waals surface area (Å²) >= 11 is 0. The Morgan fingerprint density at radius 2 is 1.73 bits per heavy atom. The van der Waals surface area contributed by atoms with Gasteiger partial charge in [0, 0.05) is 22.9 Å². The Morgan fingerprint density at radius 1 is 1.00 bits per heavy atom. The summed E-state index contributed by atoms with van der Waals surface area (Å²) in [6.07, 6.45) is -8.08. The van der Waals surface area contributed by atoms with E-state index in [9.17, 15) is 30.7 Å². The van der Waals surface area contributed by atoms with E-state index in [4.69, 9.17) is 4.74 Å². The molecule has 1 aliphatic rings. The predicted octanol–water partition coefficient (Wildman–Crippen LogP) is 5.19. The fraction of sp³-hybridized carbons (Fsp3) is 0.235. The molecular weight excluding hydrogens is 367 g/mol. The van der Waals surface area contributed by atoms with Crippen LogP contribution < -0.4 is 4.74 Å². The van der Waals surface area contributed by atoms with Crippen molar-refractivity contribution in [3.8, 4) is 5.75 Å². The van der Waals surface area contributed by atoms with Crippen molar-refractivity contribution in [2.24, 2.45) is 0 Å². The van der Waals surface area contributed by atoms with Crippen LogP contribution in [0.15, 0.2) is 48.7 Å². The van der Waals surface area contributed by atoms with Gasteiger partial charge in [-0.3, -0.25) is 4.98 Å². The Morgan fingerprint density at radius 3 is 2.31 bits per heavy atom. The highest BCUT2D eigenvalue weighted by molar-refractivity contribution is 5.83. The van der Waals surface area contributed by atoms with Crippen LogP contribution >= 0.6 is 0 Å². The van der Waals surface area contributed by atoms with Crippen molar-refractivity contribution < 1.29 is 35.5 Å². The van der Waals surface area contributed by atoms with Gasteiger partial charge in [0.15, 0.2) is 6.10 Å². The van der Waals surface area contributed by atoms with Gasteiger partial charge in [-0.15, -0.1) is 0 Å². The van der Waals surface area contributed by atoms with Gasteiger partial charge in [0.05, 0.1) is 5.69 Å². The number of alkyl halides is 7. The molecule has 3 rings (SSSR count). The van der Waals surface area contributed by atoms with Crippen LogP contribution in [0.2, 0.25) is 0 Å². The van der Waals surface area contributed by atoms with Gasteiger partial charge >= 0.3 is 12.1 Å². The lowest BCUT2D eigenvalue weighted by molar-refractivity contribution is -0.289. The largest absolute Gasteiger partial charge is 0.480 e. The molecule has 0 amide bonds. The number of fused-ring (bicyclic) bond motifs is 1. The molecule has 1 aromatic carbocycles. The van der Waals surface area contributed by atoms with E-state index in [1.807, 2.05) is 0 Å². The van der Waals surface area contributed by atoms with E-state index >= 15 is 0 Å². The van der Waals surface area contributed by atoms with Crippen molar-refractivity contribution >= 4 is 5.57 Å². The number of ether oxygens (including phenoxy) is 1. The summed E-state index contributed by atoms with van der Waals surface area (Å²) < 4.78 is 96.3. The molecule has 0 fully saturated rings. The smallest absolute Gasteiger partial charge is 0.458 e. The fourth-order valence-electron chi connectivity index (χ4n) is 2.51. The topological polar surface area (TPSA) is 22.1 Å². The Balaban J connectivity index is 2.16. The second-order valence-corrected chi connectivity index (χ2v) is 5.50. The van der Waals surface area contributed by atoms with Crippen LogP contribution in [0, 0.1) is 0 Å². The number of hydrogen-bond donors (Lipinski definition) is 0. The van der Waals surface area contributed by atoms with Crippen molar-refractivity contribution in [3.63, 3.8) is 0 Å². The second kappa shape index (κ2) is 6.30. The lowest BCUT2D eigenvalue weighted by atomic mass is 9.93. The summed E-state index contributed by atoms with van der Waals surface area (Å²) in [5.41, 5.74) is -1.33. The molecule has 0 bridgehead atoms. The number of hydrogen-bond acceptors (Lipinski definition) is 2. The first kappa shape index (κ1) is 18.2. The highest BCUT2D eigenvalue weighted by Crippen LogP contribution is 2.46. The van der Waals surface area contributed by atoms with E-state index in [2.05, 4.69) is 4.98 Å². The SMILES string of the molecule is FC(F)C1C=C(c2ccccn2)c2cc(C(F)(F)C(F)(F)F)ccc2O1.